The van der Waals surface area contributed by atoms with Crippen LogP contribution in [0, 0.1) is 11.8 Å². The van der Waals surface area contributed by atoms with Crippen molar-refractivity contribution in [1.82, 2.24) is 0 Å². The molecule has 0 bridgehead atoms. The number of carbonyl (C=O) groups excluding carboxylic acids is 1. The molecule has 0 unspecified atom stereocenters. The summed E-state index contributed by atoms with van der Waals surface area (Å²) < 4.78 is 5.17. The van der Waals surface area contributed by atoms with Crippen molar-refractivity contribution >= 4 is 5.97 Å². The topological polar surface area (TPSA) is 26.3 Å². The third-order valence-electron chi connectivity index (χ3n) is 3.03. The second kappa shape index (κ2) is 2.50. The molecule has 2 heteroatoms. The van der Waals surface area contributed by atoms with Crippen molar-refractivity contribution in [3.05, 3.63) is 0 Å². The van der Waals surface area contributed by atoms with Gasteiger partial charge in [0, 0.05) is 5.92 Å². The van der Waals surface area contributed by atoms with Crippen LogP contribution in [0.15, 0.2) is 0 Å². The van der Waals surface area contributed by atoms with Crippen molar-refractivity contribution in [3.8, 4) is 0 Å². The fourth-order valence-electron chi connectivity index (χ4n) is 2.37. The Kier molecular flexibility index (Phi) is 1.63. The average Bonchev–Trinajstić information content (AvgIpc) is 2.30. The van der Waals surface area contributed by atoms with Crippen LogP contribution >= 0.6 is 0 Å². The van der Waals surface area contributed by atoms with Crippen LogP contribution in [-0.4, -0.2) is 12.1 Å². The minimum atomic E-state index is 0.0576. The van der Waals surface area contributed by atoms with Crippen LogP contribution in [0.4, 0.5) is 0 Å². The van der Waals surface area contributed by atoms with Crippen molar-refractivity contribution in [3.63, 3.8) is 0 Å². The molecule has 1 saturated heterocycles. The van der Waals surface area contributed by atoms with Crippen molar-refractivity contribution in [1.29, 1.82) is 0 Å². The summed E-state index contributed by atoms with van der Waals surface area (Å²) in [6.45, 7) is 2.02. The van der Waals surface area contributed by atoms with Gasteiger partial charge < -0.3 is 4.74 Å². The van der Waals surface area contributed by atoms with E-state index in [2.05, 4.69) is 0 Å². The predicted molar refractivity (Wildman–Crippen MR) is 41.0 cm³/mol. The number of ether oxygens (including phenoxy) is 1. The van der Waals surface area contributed by atoms with Gasteiger partial charge in [-0.2, -0.15) is 0 Å². The zero-order valence-corrected chi connectivity index (χ0v) is 6.88. The van der Waals surface area contributed by atoms with Crippen LogP contribution in [0.3, 0.4) is 0 Å². The largest absolute Gasteiger partial charge is 0.462 e. The van der Waals surface area contributed by atoms with Gasteiger partial charge in [0.15, 0.2) is 0 Å². The van der Waals surface area contributed by atoms with Gasteiger partial charge in [-0.15, -0.1) is 0 Å². The molecule has 0 N–H and O–H groups in total. The highest BCUT2D eigenvalue weighted by Crippen LogP contribution is 2.39. The number of hydrogen-bond acceptors (Lipinski definition) is 2. The van der Waals surface area contributed by atoms with Gasteiger partial charge in [-0.25, -0.2) is 0 Å². The van der Waals surface area contributed by atoms with Crippen LogP contribution < -0.4 is 0 Å². The second-order valence-corrected chi connectivity index (χ2v) is 3.70. The summed E-state index contributed by atoms with van der Waals surface area (Å²) in [5.41, 5.74) is 0. The summed E-state index contributed by atoms with van der Waals surface area (Å²) in [7, 11) is 0. The maximum Gasteiger partial charge on any atom is 0.309 e. The van der Waals surface area contributed by atoms with Gasteiger partial charge in [-0.1, -0.05) is 12.8 Å². The first-order valence-corrected chi connectivity index (χ1v) is 4.49. The Balaban J connectivity index is 2.13. The van der Waals surface area contributed by atoms with E-state index in [9.17, 15) is 4.79 Å². The smallest absolute Gasteiger partial charge is 0.309 e. The third kappa shape index (κ3) is 1.05. The van der Waals surface area contributed by atoms with Gasteiger partial charge in [-0.05, 0) is 19.8 Å². The standard InChI is InChI=1S/C9H14O2/c1-6-7-4-2-3-5-8(7)9(10)11-6/h6-8H,2-5H2,1H3/t6-,7+,8+/m0/s1. The van der Waals surface area contributed by atoms with Crippen LogP contribution in [0.5, 0.6) is 0 Å². The zero-order valence-electron chi connectivity index (χ0n) is 6.88. The van der Waals surface area contributed by atoms with E-state index in [1.165, 1.54) is 19.3 Å². The molecule has 3 atom stereocenters. The van der Waals surface area contributed by atoms with Crippen molar-refractivity contribution in [2.75, 3.05) is 0 Å². The van der Waals surface area contributed by atoms with Gasteiger partial charge in [0.2, 0.25) is 0 Å². The van der Waals surface area contributed by atoms with Crippen molar-refractivity contribution in [2.45, 2.75) is 38.7 Å². The molecular formula is C9H14O2. The summed E-state index contributed by atoms with van der Waals surface area (Å²) in [4.78, 5) is 11.2. The van der Waals surface area contributed by atoms with Crippen LogP contribution in [0.25, 0.3) is 0 Å². The second-order valence-electron chi connectivity index (χ2n) is 3.70. The highest BCUT2D eigenvalue weighted by atomic mass is 16.6. The minimum Gasteiger partial charge on any atom is -0.462 e. The van der Waals surface area contributed by atoms with Crippen molar-refractivity contribution in [2.24, 2.45) is 11.8 Å². The summed E-state index contributed by atoms with van der Waals surface area (Å²) in [6.07, 6.45) is 4.93. The molecular weight excluding hydrogens is 140 g/mol. The highest BCUT2D eigenvalue weighted by Gasteiger charge is 2.42. The summed E-state index contributed by atoms with van der Waals surface area (Å²) in [6, 6.07) is 0. The number of cyclic esters (lactones) is 1. The lowest BCUT2D eigenvalue weighted by Crippen LogP contribution is -2.22. The molecule has 1 aliphatic carbocycles. The molecule has 2 aliphatic rings. The molecule has 1 heterocycles. The van der Waals surface area contributed by atoms with E-state index >= 15 is 0 Å². The third-order valence-corrected chi connectivity index (χ3v) is 3.03. The van der Waals surface area contributed by atoms with Crippen molar-refractivity contribution < 1.29 is 9.53 Å². The first kappa shape index (κ1) is 7.14. The molecule has 0 aromatic heterocycles. The summed E-state index contributed by atoms with van der Waals surface area (Å²) in [5.74, 6) is 0.845. The normalized spacial score (nSPS) is 43.4. The Bertz CT molecular complexity index is 176. The first-order valence-electron chi connectivity index (χ1n) is 4.49. The van der Waals surface area contributed by atoms with E-state index < -0.39 is 0 Å². The van der Waals surface area contributed by atoms with Gasteiger partial charge in [0.05, 0.1) is 5.92 Å². The lowest BCUT2D eigenvalue weighted by atomic mass is 9.79. The van der Waals surface area contributed by atoms with E-state index in [1.54, 1.807) is 0 Å². The van der Waals surface area contributed by atoms with E-state index in [4.69, 9.17) is 4.74 Å². The summed E-state index contributed by atoms with van der Waals surface area (Å²) >= 11 is 0. The zero-order chi connectivity index (χ0) is 7.84. The molecule has 0 amide bonds. The molecule has 0 spiro atoms. The molecule has 2 rings (SSSR count). The monoisotopic (exact) mass is 154 g/mol. The van der Waals surface area contributed by atoms with E-state index in [1.807, 2.05) is 6.92 Å². The van der Waals surface area contributed by atoms with Gasteiger partial charge in [-0.3, -0.25) is 4.79 Å². The van der Waals surface area contributed by atoms with Gasteiger partial charge in [0.25, 0.3) is 0 Å². The van der Waals surface area contributed by atoms with E-state index in [-0.39, 0.29) is 18.0 Å². The molecule has 2 fully saturated rings. The molecule has 11 heavy (non-hydrogen) atoms. The van der Waals surface area contributed by atoms with Crippen LogP contribution in [0.2, 0.25) is 0 Å². The Morgan fingerprint density at radius 1 is 1.36 bits per heavy atom. The SMILES string of the molecule is C[C@@H]1OC(=O)[C@@H]2CCCC[C@H]12. The van der Waals surface area contributed by atoms with Crippen LogP contribution in [0.1, 0.15) is 32.6 Å². The average molecular weight is 154 g/mol. The van der Waals surface area contributed by atoms with Gasteiger partial charge in [0.1, 0.15) is 6.10 Å². The predicted octanol–water partition coefficient (Wildman–Crippen LogP) is 1.74. The van der Waals surface area contributed by atoms with Crippen LogP contribution in [-0.2, 0) is 9.53 Å². The maximum absolute atomic E-state index is 11.2. The number of rotatable bonds is 0. The van der Waals surface area contributed by atoms with Gasteiger partial charge >= 0.3 is 5.97 Å². The molecule has 2 nitrogen and oxygen atoms in total. The molecule has 62 valence electrons. The molecule has 0 aromatic rings. The maximum atomic E-state index is 11.2. The Hall–Kier alpha value is -0.530. The number of fused-ring (bicyclic) bond motifs is 1. The fourth-order valence-corrected chi connectivity index (χ4v) is 2.37. The molecule has 1 aliphatic heterocycles. The minimum absolute atomic E-state index is 0.0576. The quantitative estimate of drug-likeness (QED) is 0.497. The Morgan fingerprint density at radius 2 is 2.09 bits per heavy atom. The van der Waals surface area contributed by atoms with E-state index in [0.29, 0.717) is 5.92 Å². The highest BCUT2D eigenvalue weighted by molar-refractivity contribution is 5.75. The van der Waals surface area contributed by atoms with E-state index in [0.717, 1.165) is 6.42 Å². The molecule has 0 aromatic carbocycles. The lowest BCUT2D eigenvalue weighted by molar-refractivity contribution is -0.143. The molecule has 0 radical (unpaired) electrons. The molecule has 1 saturated carbocycles. The Labute approximate surface area is 66.9 Å². The fraction of sp³-hybridized carbons (Fsp3) is 0.889. The summed E-state index contributed by atoms with van der Waals surface area (Å²) in [5, 5.41) is 0. The Morgan fingerprint density at radius 3 is 2.82 bits per heavy atom. The number of hydrogen-bond donors (Lipinski definition) is 0. The number of esters is 1. The number of carbonyl (C=O) groups is 1. The first-order chi connectivity index (χ1) is 5.29. The lowest BCUT2D eigenvalue weighted by Gasteiger charge is -2.22.